The zero-order valence-corrected chi connectivity index (χ0v) is 8.36. The van der Waals surface area contributed by atoms with E-state index in [9.17, 15) is 4.79 Å². The summed E-state index contributed by atoms with van der Waals surface area (Å²) < 4.78 is 4.67. The molecular formula is C11H13NO2. The first kappa shape index (κ1) is 12.2. The van der Waals surface area contributed by atoms with Crippen LogP contribution >= 0.6 is 0 Å². The summed E-state index contributed by atoms with van der Waals surface area (Å²) in [6.45, 7) is 3.85. The van der Waals surface area contributed by atoms with E-state index in [1.807, 2.05) is 13.0 Å². The molecule has 3 nitrogen and oxygen atoms in total. The molecule has 14 heavy (non-hydrogen) atoms. The quantitative estimate of drug-likeness (QED) is 0.296. The fraction of sp³-hybridized carbons (Fsp3) is 0.273. The lowest BCUT2D eigenvalue weighted by atomic mass is 10.2. The summed E-state index contributed by atoms with van der Waals surface area (Å²) in [5, 5.41) is 8.61. The van der Waals surface area contributed by atoms with Crippen LogP contribution in [0.1, 0.15) is 13.8 Å². The van der Waals surface area contributed by atoms with Crippen molar-refractivity contribution in [3.8, 4) is 6.07 Å². The molecule has 0 atom stereocenters. The van der Waals surface area contributed by atoms with Crippen molar-refractivity contribution in [2.75, 3.05) is 6.61 Å². The molecule has 0 aliphatic carbocycles. The summed E-state index contributed by atoms with van der Waals surface area (Å²) in [7, 11) is 0. The molecule has 0 aromatic rings. The highest BCUT2D eigenvalue weighted by molar-refractivity contribution is 5.93. The fourth-order valence-corrected chi connectivity index (χ4v) is 0.687. The number of hydrogen-bond donors (Lipinski definition) is 0. The summed E-state index contributed by atoms with van der Waals surface area (Å²) in [5.74, 6) is -0.583. The molecule has 0 fully saturated rings. The van der Waals surface area contributed by atoms with Crippen LogP contribution in [-0.2, 0) is 9.53 Å². The van der Waals surface area contributed by atoms with E-state index in [1.54, 1.807) is 31.2 Å². The van der Waals surface area contributed by atoms with Gasteiger partial charge >= 0.3 is 5.97 Å². The van der Waals surface area contributed by atoms with E-state index in [0.29, 0.717) is 0 Å². The van der Waals surface area contributed by atoms with Crippen LogP contribution in [0.15, 0.2) is 36.0 Å². The SMILES string of the molecule is CC=CC=CC=C(C#N)C(=O)OCC. The monoisotopic (exact) mass is 191 g/mol. The summed E-state index contributed by atoms with van der Waals surface area (Å²) in [6.07, 6.45) is 8.43. The zero-order chi connectivity index (χ0) is 10.8. The molecule has 0 aliphatic rings. The van der Waals surface area contributed by atoms with Gasteiger partial charge in [-0.1, -0.05) is 24.3 Å². The lowest BCUT2D eigenvalue weighted by Crippen LogP contribution is -2.05. The van der Waals surface area contributed by atoms with Crippen molar-refractivity contribution < 1.29 is 9.53 Å². The Hall–Kier alpha value is -1.82. The van der Waals surface area contributed by atoms with E-state index in [1.165, 1.54) is 6.08 Å². The first-order valence-electron chi connectivity index (χ1n) is 4.33. The molecule has 0 heterocycles. The molecule has 0 unspecified atom stereocenters. The van der Waals surface area contributed by atoms with Crippen LogP contribution in [0.2, 0.25) is 0 Å². The summed E-state index contributed by atoms with van der Waals surface area (Å²) in [4.78, 5) is 11.1. The van der Waals surface area contributed by atoms with Gasteiger partial charge in [0.25, 0.3) is 0 Å². The van der Waals surface area contributed by atoms with Crippen molar-refractivity contribution >= 4 is 5.97 Å². The van der Waals surface area contributed by atoms with Gasteiger partial charge < -0.3 is 4.74 Å². The van der Waals surface area contributed by atoms with E-state index >= 15 is 0 Å². The average molecular weight is 191 g/mol. The summed E-state index contributed by atoms with van der Waals surface area (Å²) >= 11 is 0. The number of ether oxygens (including phenoxy) is 1. The van der Waals surface area contributed by atoms with Gasteiger partial charge in [0.1, 0.15) is 11.6 Å². The van der Waals surface area contributed by atoms with Crippen LogP contribution in [0.5, 0.6) is 0 Å². The van der Waals surface area contributed by atoms with Crippen molar-refractivity contribution in [2.24, 2.45) is 0 Å². The van der Waals surface area contributed by atoms with E-state index in [2.05, 4.69) is 4.74 Å². The van der Waals surface area contributed by atoms with Crippen LogP contribution in [0, 0.1) is 11.3 Å². The Bertz CT molecular complexity index is 306. The number of esters is 1. The normalized spacial score (nSPS) is 11.9. The Morgan fingerprint density at radius 3 is 2.64 bits per heavy atom. The Morgan fingerprint density at radius 2 is 2.14 bits per heavy atom. The van der Waals surface area contributed by atoms with Crippen molar-refractivity contribution in [3.63, 3.8) is 0 Å². The maximum absolute atomic E-state index is 11.1. The molecule has 74 valence electrons. The summed E-state index contributed by atoms with van der Waals surface area (Å²) in [5.41, 5.74) is 0.00704. The molecule has 0 aliphatic heterocycles. The molecule has 0 aromatic heterocycles. The molecule has 0 aromatic carbocycles. The molecule has 0 saturated heterocycles. The number of allylic oxidation sites excluding steroid dienone is 5. The lowest BCUT2D eigenvalue weighted by Gasteiger charge is -1.96. The topological polar surface area (TPSA) is 50.1 Å². The highest BCUT2D eigenvalue weighted by Gasteiger charge is 2.07. The number of carbonyl (C=O) groups is 1. The van der Waals surface area contributed by atoms with Gasteiger partial charge in [0.15, 0.2) is 0 Å². The molecule has 0 spiro atoms. The minimum Gasteiger partial charge on any atom is -0.462 e. The number of carbonyl (C=O) groups excluding carboxylic acids is 1. The van der Waals surface area contributed by atoms with Crippen molar-refractivity contribution in [3.05, 3.63) is 36.0 Å². The van der Waals surface area contributed by atoms with Gasteiger partial charge in [0.2, 0.25) is 0 Å². The Balaban J connectivity index is 4.41. The van der Waals surface area contributed by atoms with E-state index in [-0.39, 0.29) is 12.2 Å². The second-order valence-electron chi connectivity index (χ2n) is 2.32. The van der Waals surface area contributed by atoms with E-state index in [4.69, 9.17) is 5.26 Å². The van der Waals surface area contributed by atoms with Crippen LogP contribution in [0.3, 0.4) is 0 Å². The lowest BCUT2D eigenvalue weighted by molar-refractivity contribution is -0.138. The fourth-order valence-electron chi connectivity index (χ4n) is 0.687. The average Bonchev–Trinajstić information content (AvgIpc) is 2.18. The largest absolute Gasteiger partial charge is 0.462 e. The van der Waals surface area contributed by atoms with Crippen molar-refractivity contribution in [2.45, 2.75) is 13.8 Å². The molecular weight excluding hydrogens is 178 g/mol. The Labute approximate surface area is 84.0 Å². The smallest absolute Gasteiger partial charge is 0.348 e. The minimum absolute atomic E-state index is 0.00704. The summed E-state index contributed by atoms with van der Waals surface area (Å²) in [6, 6.07) is 1.77. The van der Waals surface area contributed by atoms with Gasteiger partial charge in [-0.15, -0.1) is 0 Å². The van der Waals surface area contributed by atoms with Crippen LogP contribution in [0.4, 0.5) is 0 Å². The van der Waals surface area contributed by atoms with Crippen LogP contribution in [-0.4, -0.2) is 12.6 Å². The molecule has 0 amide bonds. The number of nitriles is 1. The number of rotatable bonds is 4. The van der Waals surface area contributed by atoms with Gasteiger partial charge in [-0.2, -0.15) is 5.26 Å². The van der Waals surface area contributed by atoms with Gasteiger partial charge in [0.05, 0.1) is 6.61 Å². The van der Waals surface area contributed by atoms with Gasteiger partial charge in [-0.3, -0.25) is 0 Å². The van der Waals surface area contributed by atoms with Gasteiger partial charge in [0, 0.05) is 0 Å². The van der Waals surface area contributed by atoms with Crippen molar-refractivity contribution in [1.82, 2.24) is 0 Å². The van der Waals surface area contributed by atoms with Crippen molar-refractivity contribution in [1.29, 1.82) is 5.26 Å². The third-order valence-corrected chi connectivity index (χ3v) is 1.29. The predicted molar refractivity (Wildman–Crippen MR) is 54.3 cm³/mol. The van der Waals surface area contributed by atoms with Crippen LogP contribution in [0.25, 0.3) is 0 Å². The zero-order valence-electron chi connectivity index (χ0n) is 8.36. The van der Waals surface area contributed by atoms with Crippen LogP contribution < -0.4 is 0 Å². The molecule has 3 heteroatoms. The highest BCUT2D eigenvalue weighted by Crippen LogP contribution is 1.97. The molecule has 0 rings (SSSR count). The second-order valence-corrected chi connectivity index (χ2v) is 2.32. The Kier molecular flexibility index (Phi) is 6.79. The first-order valence-corrected chi connectivity index (χ1v) is 4.33. The minimum atomic E-state index is -0.583. The van der Waals surface area contributed by atoms with E-state index < -0.39 is 5.97 Å². The third kappa shape index (κ3) is 4.94. The standard InChI is InChI=1S/C11H13NO2/c1-3-5-6-7-8-10(9-12)11(13)14-4-2/h3,5-8H,4H2,1-2H3. The molecule has 0 radical (unpaired) electrons. The Morgan fingerprint density at radius 1 is 1.43 bits per heavy atom. The maximum atomic E-state index is 11.1. The highest BCUT2D eigenvalue weighted by atomic mass is 16.5. The predicted octanol–water partition coefficient (Wildman–Crippen LogP) is 2.13. The number of hydrogen-bond acceptors (Lipinski definition) is 3. The van der Waals surface area contributed by atoms with Gasteiger partial charge in [-0.05, 0) is 19.9 Å². The van der Waals surface area contributed by atoms with E-state index in [0.717, 1.165) is 0 Å². The molecule has 0 N–H and O–H groups in total. The maximum Gasteiger partial charge on any atom is 0.348 e. The number of nitrogens with zero attached hydrogens (tertiary/aromatic N) is 1. The molecule has 0 bridgehead atoms. The second kappa shape index (κ2) is 7.81. The molecule has 0 saturated carbocycles. The first-order chi connectivity index (χ1) is 6.76. The third-order valence-electron chi connectivity index (χ3n) is 1.29. The van der Waals surface area contributed by atoms with Gasteiger partial charge in [-0.25, -0.2) is 4.79 Å².